The number of nitrogens with two attached hydrogens (primary N) is 1. The molecule has 0 unspecified atom stereocenters. The normalized spacial score (nSPS) is 17.6. The van der Waals surface area contributed by atoms with Gasteiger partial charge in [-0.05, 0) is 95.5 Å². The first kappa shape index (κ1) is 54.0. The van der Waals surface area contributed by atoms with Crippen molar-refractivity contribution in [3.63, 3.8) is 0 Å². The Kier molecular flexibility index (Phi) is 28.7. The van der Waals surface area contributed by atoms with Crippen LogP contribution in [0.1, 0.15) is 129 Å². The molecule has 3 atom stereocenters. The number of carbonyl (C=O) groups is 2. The molecule has 0 radical (unpaired) electrons. The van der Waals surface area contributed by atoms with Crippen molar-refractivity contribution >= 4 is 29.1 Å². The Bertz CT molecular complexity index is 2170. The molecule has 0 aliphatic heterocycles. The number of rotatable bonds is 32. The summed E-state index contributed by atoms with van der Waals surface area (Å²) in [4.78, 5) is 49.5. The molecular weight excluding hydrogens is 823 g/mol. The lowest BCUT2D eigenvalue weighted by Gasteiger charge is -2.20. The summed E-state index contributed by atoms with van der Waals surface area (Å²) >= 11 is 0. The van der Waals surface area contributed by atoms with Gasteiger partial charge in [0.15, 0.2) is 11.2 Å². The third-order valence-electron chi connectivity index (χ3n) is 10.5. The Balaban J connectivity index is 1.41. The van der Waals surface area contributed by atoms with Gasteiger partial charge in [-0.2, -0.15) is 4.98 Å². The van der Waals surface area contributed by atoms with Gasteiger partial charge in [-0.15, -0.1) is 0 Å². The molecular formula is C56H75N5O5. The average Bonchev–Trinajstić information content (AvgIpc) is 3.86. The first-order valence-electron chi connectivity index (χ1n) is 23.9. The molecule has 3 rings (SSSR count). The lowest BCUT2D eigenvalue weighted by Crippen LogP contribution is -2.27. The maximum Gasteiger partial charge on any atom is 0.306 e. The fraction of sp³-hybridized carbons (Fsp3) is 0.411. The quantitative estimate of drug-likeness (QED) is 0.0546. The molecule has 0 bridgehead atoms. The van der Waals surface area contributed by atoms with Gasteiger partial charge in [0.05, 0.1) is 18.3 Å². The van der Waals surface area contributed by atoms with E-state index in [0.29, 0.717) is 30.5 Å². The van der Waals surface area contributed by atoms with Gasteiger partial charge in [-0.1, -0.05) is 166 Å². The highest BCUT2D eigenvalue weighted by atomic mass is 16.6. The maximum absolute atomic E-state index is 13.1. The van der Waals surface area contributed by atoms with Gasteiger partial charge in [0.2, 0.25) is 5.95 Å². The molecule has 10 nitrogen and oxygen atoms in total. The first-order chi connectivity index (χ1) is 32.3. The zero-order valence-corrected chi connectivity index (χ0v) is 39.6. The van der Waals surface area contributed by atoms with Crippen molar-refractivity contribution in [2.24, 2.45) is 5.92 Å². The van der Waals surface area contributed by atoms with Crippen LogP contribution in [-0.2, 0) is 19.1 Å². The standard InChI is InChI=1S/C56H75N5O5/c1-4-6-8-10-12-14-16-18-20-22-24-26-28-30-32-34-36-38-40-42-51(62)65-45-48-47(3)49(61-46-58-53-54(61)59-56(57)60-55(53)64)44-50(48)66-52(63)43-41-39-37-35-33-31-29-27-25-23-21-19-17-15-13-11-9-7-5-2/h6-9,12-15,18-21,24-27,30-33,36-39,46,48-50H,3-5,10-11,16-17,22-23,28-29,34-35,40-45H2,1-2H3,(H3,57,59,60,64)/b8-6-,9-7-,14-12-,15-13?,20-18-,21-19?,26-24-,27-25?,32-30-,33-31?,38-36-,39-37?/t48-,49-,50-/m0/s1. The molecule has 1 saturated carbocycles. The molecule has 10 heteroatoms. The Morgan fingerprint density at radius 1 is 0.652 bits per heavy atom. The summed E-state index contributed by atoms with van der Waals surface area (Å²) in [7, 11) is 0. The number of anilines is 1. The second kappa shape index (κ2) is 35.0. The number of carbonyl (C=O) groups excluding carboxylic acids is 2. The van der Waals surface area contributed by atoms with Crippen LogP contribution in [0.4, 0.5) is 5.95 Å². The zero-order valence-electron chi connectivity index (χ0n) is 39.6. The number of allylic oxidation sites excluding steroid dienone is 24. The summed E-state index contributed by atoms with van der Waals surface area (Å²) in [5.74, 6) is -1.19. The number of esters is 2. The van der Waals surface area contributed by atoms with Gasteiger partial charge >= 0.3 is 11.9 Å². The lowest BCUT2D eigenvalue weighted by molar-refractivity contribution is -0.153. The summed E-state index contributed by atoms with van der Waals surface area (Å²) in [6, 6.07) is -0.410. The first-order valence-corrected chi connectivity index (χ1v) is 23.9. The average molecular weight is 898 g/mol. The summed E-state index contributed by atoms with van der Waals surface area (Å²) < 4.78 is 13.5. The van der Waals surface area contributed by atoms with Crippen molar-refractivity contribution in [2.75, 3.05) is 12.3 Å². The van der Waals surface area contributed by atoms with Crippen LogP contribution in [0, 0.1) is 5.92 Å². The largest absolute Gasteiger partial charge is 0.465 e. The Morgan fingerprint density at radius 3 is 1.47 bits per heavy atom. The minimum atomic E-state index is -0.603. The number of ether oxygens (including phenoxy) is 2. The van der Waals surface area contributed by atoms with Crippen LogP contribution in [-0.4, -0.2) is 44.2 Å². The van der Waals surface area contributed by atoms with Gasteiger partial charge in [0.1, 0.15) is 12.7 Å². The van der Waals surface area contributed by atoms with Crippen LogP contribution in [0.15, 0.2) is 169 Å². The highest BCUT2D eigenvalue weighted by molar-refractivity contribution is 5.72. The molecule has 1 aliphatic rings. The fourth-order valence-corrected chi connectivity index (χ4v) is 6.99. The maximum atomic E-state index is 13.1. The molecule has 0 amide bonds. The van der Waals surface area contributed by atoms with E-state index in [9.17, 15) is 14.4 Å². The van der Waals surface area contributed by atoms with E-state index in [2.05, 4.69) is 157 Å². The number of H-pyrrole nitrogens is 1. The van der Waals surface area contributed by atoms with Crippen molar-refractivity contribution in [2.45, 2.75) is 135 Å². The number of nitrogens with zero attached hydrogens (tertiary/aromatic N) is 3. The molecule has 0 spiro atoms. The molecule has 2 aromatic heterocycles. The number of nitrogens with one attached hydrogen (secondary N) is 1. The predicted octanol–water partition coefficient (Wildman–Crippen LogP) is 13.2. The van der Waals surface area contributed by atoms with E-state index in [1.807, 2.05) is 24.3 Å². The van der Waals surface area contributed by atoms with Crippen LogP contribution < -0.4 is 11.3 Å². The third-order valence-corrected chi connectivity index (χ3v) is 10.5. The Labute approximate surface area is 394 Å². The van der Waals surface area contributed by atoms with Crippen LogP contribution in [0.3, 0.4) is 0 Å². The van der Waals surface area contributed by atoms with Crippen molar-refractivity contribution in [3.8, 4) is 0 Å². The highest BCUT2D eigenvalue weighted by Crippen LogP contribution is 2.42. The fourth-order valence-electron chi connectivity index (χ4n) is 6.99. The van der Waals surface area contributed by atoms with E-state index in [4.69, 9.17) is 15.2 Å². The molecule has 0 saturated heterocycles. The molecule has 3 N–H and O–H groups in total. The predicted molar refractivity (Wildman–Crippen MR) is 275 cm³/mol. The van der Waals surface area contributed by atoms with Gasteiger partial charge in [-0.3, -0.25) is 19.4 Å². The lowest BCUT2D eigenvalue weighted by atomic mass is 10.0. The Morgan fingerprint density at radius 2 is 1.05 bits per heavy atom. The number of hydrogen-bond acceptors (Lipinski definition) is 8. The van der Waals surface area contributed by atoms with Crippen LogP contribution in [0.2, 0.25) is 0 Å². The number of aromatic amines is 1. The molecule has 1 aliphatic carbocycles. The van der Waals surface area contributed by atoms with E-state index >= 15 is 0 Å². The summed E-state index contributed by atoms with van der Waals surface area (Å²) in [5.41, 5.74) is 6.56. The van der Waals surface area contributed by atoms with Gasteiger partial charge in [-0.25, -0.2) is 4.98 Å². The summed E-state index contributed by atoms with van der Waals surface area (Å²) in [6.07, 6.45) is 65.6. The van der Waals surface area contributed by atoms with Crippen LogP contribution in [0.5, 0.6) is 0 Å². The second-order valence-electron chi connectivity index (χ2n) is 15.8. The molecule has 354 valence electrons. The van der Waals surface area contributed by atoms with Crippen LogP contribution in [0.25, 0.3) is 11.2 Å². The number of nitrogen functional groups attached to an aromatic ring is 1. The van der Waals surface area contributed by atoms with Crippen molar-refractivity contribution < 1.29 is 19.1 Å². The smallest absolute Gasteiger partial charge is 0.306 e. The number of fused-ring (bicyclic) bond motifs is 1. The number of aromatic nitrogens is 4. The van der Waals surface area contributed by atoms with Gasteiger partial charge < -0.3 is 19.8 Å². The molecule has 0 aromatic carbocycles. The number of imidazole rings is 1. The molecule has 2 heterocycles. The molecule has 2 aromatic rings. The van der Waals surface area contributed by atoms with E-state index in [1.165, 1.54) is 6.33 Å². The van der Waals surface area contributed by atoms with E-state index < -0.39 is 23.6 Å². The topological polar surface area (TPSA) is 142 Å². The van der Waals surface area contributed by atoms with Gasteiger partial charge in [0.25, 0.3) is 5.56 Å². The summed E-state index contributed by atoms with van der Waals surface area (Å²) in [5, 5.41) is 0. The Hall–Kier alpha value is -6.29. The second-order valence-corrected chi connectivity index (χ2v) is 15.8. The monoisotopic (exact) mass is 898 g/mol. The van der Waals surface area contributed by atoms with Crippen molar-refractivity contribution in [3.05, 3.63) is 175 Å². The number of hydrogen-bond donors (Lipinski definition) is 2. The van der Waals surface area contributed by atoms with E-state index in [1.54, 1.807) is 4.57 Å². The minimum absolute atomic E-state index is 0.00575. The minimum Gasteiger partial charge on any atom is -0.465 e. The molecule has 1 fully saturated rings. The third kappa shape index (κ3) is 23.1. The zero-order chi connectivity index (χ0) is 47.3. The highest BCUT2D eigenvalue weighted by Gasteiger charge is 2.42. The molecule has 66 heavy (non-hydrogen) atoms. The summed E-state index contributed by atoms with van der Waals surface area (Å²) in [6.45, 7) is 8.63. The van der Waals surface area contributed by atoms with E-state index in [0.717, 1.165) is 77.0 Å². The van der Waals surface area contributed by atoms with Crippen molar-refractivity contribution in [1.29, 1.82) is 0 Å². The van der Waals surface area contributed by atoms with Gasteiger partial charge in [0, 0.05) is 19.3 Å². The SMILES string of the molecule is C=C1[C@H](COC(=O)CC/C=C\C/C=C\C/C=C\C/C=C\C/C=C\C/C=C\CC)[C@@H](OC(=O)CCC=CCC=CCC=CCC=CCC=CC/C=C\CC)C[C@@H]1n1cnc2c(=O)[nH]c(N)nc21. The van der Waals surface area contributed by atoms with E-state index in [-0.39, 0.29) is 42.9 Å². The van der Waals surface area contributed by atoms with Crippen LogP contribution >= 0.6 is 0 Å². The van der Waals surface area contributed by atoms with Crippen molar-refractivity contribution in [1.82, 2.24) is 19.5 Å².